The Morgan fingerprint density at radius 3 is 1.96 bits per heavy atom. The van der Waals surface area contributed by atoms with Crippen LogP contribution in [0.4, 0.5) is 0 Å². The molecule has 0 unspecified atom stereocenters. The van der Waals surface area contributed by atoms with Crippen LogP contribution in [0.3, 0.4) is 0 Å². The second-order valence-electron chi connectivity index (χ2n) is 7.39. The zero-order chi connectivity index (χ0) is 17.2. The van der Waals surface area contributed by atoms with Crippen molar-refractivity contribution in [3.8, 4) is 11.1 Å². The molecule has 0 saturated carbocycles. The van der Waals surface area contributed by atoms with E-state index in [9.17, 15) is 0 Å². The molecule has 1 nitrogen and oxygen atoms in total. The molecule has 0 saturated heterocycles. The minimum Gasteiger partial charge on any atom is -0.449 e. The first-order valence-electron chi connectivity index (χ1n) is 8.61. The highest BCUT2D eigenvalue weighted by Gasteiger charge is 2.37. The zero-order valence-electron chi connectivity index (χ0n) is 15.0. The molecule has 0 radical (unpaired) electrons. The molecule has 0 bridgehead atoms. The Bertz CT molecular complexity index is 756. The first-order chi connectivity index (χ1) is 11.4. The molecule has 2 aromatic rings. The number of rotatable bonds is 5. The van der Waals surface area contributed by atoms with E-state index in [4.69, 9.17) is 4.12 Å². The average Bonchev–Trinajstić information content (AvgIpc) is 3.10. The first-order valence-corrected chi connectivity index (χ1v) is 14.4. The Kier molecular flexibility index (Phi) is 4.77. The van der Waals surface area contributed by atoms with E-state index in [-0.39, 0.29) is 0 Å². The molecular formula is C21H26OSi2. The van der Waals surface area contributed by atoms with Crippen molar-refractivity contribution >= 4 is 21.8 Å². The van der Waals surface area contributed by atoms with Gasteiger partial charge in [-0.15, -0.1) is 0 Å². The second kappa shape index (κ2) is 6.67. The number of benzene rings is 2. The lowest BCUT2D eigenvalue weighted by Crippen LogP contribution is -2.53. The summed E-state index contributed by atoms with van der Waals surface area (Å²) < 4.78 is 6.81. The highest BCUT2D eigenvalue weighted by Crippen LogP contribution is 2.27. The molecular weight excluding hydrogens is 324 g/mol. The van der Waals surface area contributed by atoms with Gasteiger partial charge in [0.2, 0.25) is 16.6 Å². The molecule has 0 aromatic heterocycles. The van der Waals surface area contributed by atoms with Gasteiger partial charge < -0.3 is 4.12 Å². The van der Waals surface area contributed by atoms with Crippen molar-refractivity contribution in [1.82, 2.24) is 0 Å². The molecule has 1 aliphatic rings. The molecule has 0 atom stereocenters. The largest absolute Gasteiger partial charge is 0.449 e. The van der Waals surface area contributed by atoms with Crippen LogP contribution in [0.1, 0.15) is 6.42 Å². The topological polar surface area (TPSA) is 9.23 Å². The van der Waals surface area contributed by atoms with Gasteiger partial charge in [-0.25, -0.2) is 0 Å². The van der Waals surface area contributed by atoms with E-state index in [1.165, 1.54) is 21.5 Å². The minimum absolute atomic E-state index is 1.07. The van der Waals surface area contributed by atoms with E-state index >= 15 is 0 Å². The van der Waals surface area contributed by atoms with Crippen molar-refractivity contribution in [1.29, 1.82) is 0 Å². The van der Waals surface area contributed by atoms with Gasteiger partial charge in [-0.1, -0.05) is 78.0 Å². The van der Waals surface area contributed by atoms with Crippen LogP contribution in [0.25, 0.3) is 11.1 Å². The van der Waals surface area contributed by atoms with Gasteiger partial charge in [-0.05, 0) is 48.9 Å². The Balaban J connectivity index is 1.79. The Morgan fingerprint density at radius 2 is 1.38 bits per heavy atom. The Morgan fingerprint density at radius 1 is 0.750 bits per heavy atom. The summed E-state index contributed by atoms with van der Waals surface area (Å²) in [4.78, 5) is 0. The number of hydrogen-bond acceptors (Lipinski definition) is 1. The molecule has 0 heterocycles. The lowest BCUT2D eigenvalue weighted by Gasteiger charge is -2.35. The van der Waals surface area contributed by atoms with Gasteiger partial charge in [-0.2, -0.15) is 0 Å². The third kappa shape index (κ3) is 3.69. The van der Waals surface area contributed by atoms with Gasteiger partial charge in [0.25, 0.3) is 0 Å². The van der Waals surface area contributed by atoms with Crippen LogP contribution in [-0.4, -0.2) is 16.6 Å². The van der Waals surface area contributed by atoms with Crippen LogP contribution in [0, 0.1) is 0 Å². The lowest BCUT2D eigenvalue weighted by atomic mass is 10.1. The average molecular weight is 351 g/mol. The Labute approximate surface area is 148 Å². The third-order valence-corrected chi connectivity index (χ3v) is 12.5. The quantitative estimate of drug-likeness (QED) is 0.655. The van der Waals surface area contributed by atoms with E-state index in [2.05, 4.69) is 99.0 Å². The van der Waals surface area contributed by atoms with Crippen LogP contribution in [-0.2, 0) is 4.12 Å². The molecule has 0 spiro atoms. The van der Waals surface area contributed by atoms with E-state index < -0.39 is 16.6 Å². The molecule has 0 fully saturated rings. The van der Waals surface area contributed by atoms with Crippen molar-refractivity contribution in [2.45, 2.75) is 32.6 Å². The summed E-state index contributed by atoms with van der Waals surface area (Å²) in [6.45, 7) is 9.31. The summed E-state index contributed by atoms with van der Waals surface area (Å²) in [6.07, 6.45) is 7.72. The third-order valence-electron chi connectivity index (χ3n) is 4.74. The molecule has 1 aliphatic carbocycles. The van der Waals surface area contributed by atoms with Crippen molar-refractivity contribution in [3.63, 3.8) is 0 Å². The van der Waals surface area contributed by atoms with E-state index in [0.717, 1.165) is 6.42 Å². The van der Waals surface area contributed by atoms with E-state index in [1.54, 1.807) is 0 Å². The van der Waals surface area contributed by atoms with Gasteiger partial charge in [0.1, 0.15) is 0 Å². The highest BCUT2D eigenvalue weighted by atomic mass is 28.4. The van der Waals surface area contributed by atoms with Gasteiger partial charge in [0.15, 0.2) is 0 Å². The van der Waals surface area contributed by atoms with Crippen molar-refractivity contribution in [2.24, 2.45) is 0 Å². The van der Waals surface area contributed by atoms with Crippen LogP contribution in [0.5, 0.6) is 0 Å². The van der Waals surface area contributed by atoms with Gasteiger partial charge in [0, 0.05) is 0 Å². The standard InChI is InChI=1S/C21H26OSi2/c1-23(2,20-12-8-9-13-20)22-24(3,4)21-16-14-19(15-17-21)18-10-6-5-7-11-18/h5-12,14-17H,13H2,1-4H3. The van der Waals surface area contributed by atoms with Gasteiger partial charge >= 0.3 is 0 Å². The SMILES string of the molecule is C[Si](C)(O[Si](C)(C)c1ccc(-c2ccccc2)cc1)C1=CC=CC1. The fourth-order valence-electron chi connectivity index (χ4n) is 3.35. The van der Waals surface area contributed by atoms with E-state index in [1.807, 2.05) is 0 Å². The predicted octanol–water partition coefficient (Wildman–Crippen LogP) is 5.41. The van der Waals surface area contributed by atoms with Gasteiger partial charge in [-0.3, -0.25) is 0 Å². The maximum absolute atomic E-state index is 6.81. The number of hydrogen-bond donors (Lipinski definition) is 0. The second-order valence-corrected chi connectivity index (χ2v) is 15.5. The van der Waals surface area contributed by atoms with Crippen LogP contribution in [0.15, 0.2) is 78.0 Å². The molecule has 0 N–H and O–H groups in total. The van der Waals surface area contributed by atoms with Crippen molar-refractivity contribution in [2.75, 3.05) is 0 Å². The summed E-state index contributed by atoms with van der Waals surface area (Å²) in [7, 11) is -3.72. The summed E-state index contributed by atoms with van der Waals surface area (Å²) >= 11 is 0. The van der Waals surface area contributed by atoms with Crippen molar-refractivity contribution in [3.05, 3.63) is 78.0 Å². The summed E-state index contributed by atoms with van der Waals surface area (Å²) in [5, 5.41) is 2.87. The zero-order valence-corrected chi connectivity index (χ0v) is 17.0. The monoisotopic (exact) mass is 350 g/mol. The Hall–Kier alpha value is -1.69. The molecule has 2 aromatic carbocycles. The van der Waals surface area contributed by atoms with Crippen molar-refractivity contribution < 1.29 is 4.12 Å². The normalized spacial score (nSPS) is 14.8. The smallest absolute Gasteiger partial charge is 0.206 e. The maximum Gasteiger partial charge on any atom is 0.206 e. The van der Waals surface area contributed by atoms with Crippen LogP contribution >= 0.6 is 0 Å². The molecule has 124 valence electrons. The fourth-order valence-corrected chi connectivity index (χ4v) is 11.5. The number of allylic oxidation sites excluding steroid dienone is 4. The van der Waals surface area contributed by atoms with Crippen LogP contribution < -0.4 is 5.19 Å². The molecule has 24 heavy (non-hydrogen) atoms. The lowest BCUT2D eigenvalue weighted by molar-refractivity contribution is 0.566. The summed E-state index contributed by atoms with van der Waals surface area (Å²) in [5.41, 5.74) is 2.53. The first kappa shape index (κ1) is 17.1. The predicted molar refractivity (Wildman–Crippen MR) is 109 cm³/mol. The highest BCUT2D eigenvalue weighted by molar-refractivity contribution is 6.94. The minimum atomic E-state index is -1.91. The maximum atomic E-state index is 6.81. The van der Waals surface area contributed by atoms with E-state index in [0.29, 0.717) is 0 Å². The molecule has 0 aliphatic heterocycles. The molecule has 3 heteroatoms. The summed E-state index contributed by atoms with van der Waals surface area (Å²) in [6, 6.07) is 19.5. The van der Waals surface area contributed by atoms with Gasteiger partial charge in [0.05, 0.1) is 0 Å². The van der Waals surface area contributed by atoms with Crippen LogP contribution in [0.2, 0.25) is 26.2 Å². The molecule has 0 amide bonds. The fraction of sp³-hybridized carbons (Fsp3) is 0.238. The summed E-state index contributed by atoms with van der Waals surface area (Å²) in [5.74, 6) is 0. The molecule has 3 rings (SSSR count).